The molecule has 0 unspecified atom stereocenters. The number of hydrogen-bond donors (Lipinski definition) is 2. The average molecular weight is 385 g/mol. The highest BCUT2D eigenvalue weighted by atomic mass is 32.2. The smallest absolute Gasteiger partial charge is 0.258 e. The molecule has 0 spiro atoms. The molecule has 1 aromatic rings. The molecule has 0 saturated heterocycles. The Bertz CT molecular complexity index is 605. The maximum Gasteiger partial charge on any atom is 0.258 e. The van der Waals surface area contributed by atoms with Crippen molar-refractivity contribution >= 4 is 15.9 Å². The van der Waals surface area contributed by atoms with E-state index in [-0.39, 0.29) is 18.8 Å². The van der Waals surface area contributed by atoms with Crippen LogP contribution in [0.1, 0.15) is 57.4 Å². The first-order valence-corrected chi connectivity index (χ1v) is 11.0. The van der Waals surface area contributed by atoms with Crippen LogP contribution in [0.2, 0.25) is 0 Å². The van der Waals surface area contributed by atoms with E-state index in [0.29, 0.717) is 12.8 Å². The number of amides is 1. The Morgan fingerprint density at radius 1 is 1.04 bits per heavy atom. The van der Waals surface area contributed by atoms with Crippen molar-refractivity contribution in [2.45, 2.75) is 58.3 Å². The molecule has 1 amide bonds. The summed E-state index contributed by atoms with van der Waals surface area (Å²) in [5.74, 6) is -0.667. The van der Waals surface area contributed by atoms with Crippen LogP contribution in [0.3, 0.4) is 0 Å². The highest BCUT2D eigenvalue weighted by Crippen LogP contribution is 2.11. The van der Waals surface area contributed by atoms with Crippen molar-refractivity contribution in [3.8, 4) is 0 Å². The number of sulfonamides is 1. The fourth-order valence-corrected chi connectivity index (χ4v) is 4.36. The van der Waals surface area contributed by atoms with Crippen LogP contribution in [-0.4, -0.2) is 42.7 Å². The lowest BCUT2D eigenvalue weighted by Crippen LogP contribution is -2.41. The largest absolute Gasteiger partial charge is 0.289 e. The van der Waals surface area contributed by atoms with Crippen LogP contribution < -0.4 is 5.48 Å². The van der Waals surface area contributed by atoms with Crippen molar-refractivity contribution in [2.24, 2.45) is 0 Å². The second-order valence-electron chi connectivity index (χ2n) is 6.54. The summed E-state index contributed by atoms with van der Waals surface area (Å²) in [4.78, 5) is 11.5. The van der Waals surface area contributed by atoms with Gasteiger partial charge in [0, 0.05) is 6.54 Å². The van der Waals surface area contributed by atoms with E-state index in [4.69, 9.17) is 5.21 Å². The summed E-state index contributed by atoms with van der Waals surface area (Å²) < 4.78 is 26.3. The summed E-state index contributed by atoms with van der Waals surface area (Å²) in [7, 11) is -3.51. The first-order chi connectivity index (χ1) is 12.5. The number of hydroxylamine groups is 1. The van der Waals surface area contributed by atoms with Gasteiger partial charge in [0.05, 0.1) is 12.3 Å². The van der Waals surface area contributed by atoms with E-state index in [0.717, 1.165) is 37.7 Å². The van der Waals surface area contributed by atoms with Gasteiger partial charge in [-0.3, -0.25) is 10.0 Å². The highest BCUT2D eigenvalue weighted by Gasteiger charge is 2.23. The number of carbonyl (C=O) groups excluding carboxylic acids is 1. The second kappa shape index (κ2) is 12.8. The Hall–Kier alpha value is -1.44. The topological polar surface area (TPSA) is 86.7 Å². The standard InChI is InChI=1S/C19H32N2O4S/c1-2-3-4-5-6-10-16-26(24,25)21(17-19(22)20-23)15-11-14-18-12-8-7-9-13-18/h7-9,12-13,23H,2-6,10-11,14-17H2,1H3,(H,20,22). The quantitative estimate of drug-likeness (QED) is 0.293. The average Bonchev–Trinajstić information content (AvgIpc) is 2.64. The molecule has 0 aliphatic carbocycles. The Balaban J connectivity index is 2.52. The van der Waals surface area contributed by atoms with Gasteiger partial charge in [0.15, 0.2) is 0 Å². The van der Waals surface area contributed by atoms with E-state index in [1.165, 1.54) is 16.2 Å². The number of nitrogens with zero attached hydrogens (tertiary/aromatic N) is 1. The van der Waals surface area contributed by atoms with E-state index < -0.39 is 15.9 Å². The van der Waals surface area contributed by atoms with Gasteiger partial charge in [0.25, 0.3) is 5.91 Å². The third kappa shape index (κ3) is 9.31. The Morgan fingerprint density at radius 3 is 2.35 bits per heavy atom. The Morgan fingerprint density at radius 2 is 1.69 bits per heavy atom. The molecule has 0 bridgehead atoms. The van der Waals surface area contributed by atoms with Crippen LogP contribution in [0.25, 0.3) is 0 Å². The van der Waals surface area contributed by atoms with Crippen LogP contribution in [0.5, 0.6) is 0 Å². The molecule has 148 valence electrons. The van der Waals surface area contributed by atoms with Gasteiger partial charge >= 0.3 is 0 Å². The molecule has 2 N–H and O–H groups in total. The molecule has 0 atom stereocenters. The second-order valence-corrected chi connectivity index (χ2v) is 8.63. The first-order valence-electron chi connectivity index (χ1n) is 9.44. The van der Waals surface area contributed by atoms with Gasteiger partial charge in [-0.1, -0.05) is 69.4 Å². The minimum Gasteiger partial charge on any atom is -0.289 e. The summed E-state index contributed by atoms with van der Waals surface area (Å²) in [6, 6.07) is 9.82. The van der Waals surface area contributed by atoms with E-state index in [2.05, 4.69) is 6.92 Å². The van der Waals surface area contributed by atoms with Crippen LogP contribution in [0, 0.1) is 0 Å². The maximum atomic E-state index is 12.6. The van der Waals surface area contributed by atoms with Gasteiger partial charge in [0.1, 0.15) is 0 Å². The van der Waals surface area contributed by atoms with Gasteiger partial charge < -0.3 is 0 Å². The lowest BCUT2D eigenvalue weighted by molar-refractivity contribution is -0.129. The SMILES string of the molecule is CCCCCCCCS(=O)(=O)N(CCCc1ccccc1)CC(=O)NO. The third-order valence-electron chi connectivity index (χ3n) is 4.31. The number of hydrogen-bond acceptors (Lipinski definition) is 4. The molecule has 0 saturated carbocycles. The lowest BCUT2D eigenvalue weighted by atomic mass is 10.1. The van der Waals surface area contributed by atoms with Crippen molar-refractivity contribution in [1.82, 2.24) is 9.79 Å². The van der Waals surface area contributed by atoms with Gasteiger partial charge in [0.2, 0.25) is 10.0 Å². The number of aryl methyl sites for hydroxylation is 1. The number of benzene rings is 1. The molecule has 0 aliphatic rings. The van der Waals surface area contributed by atoms with Crippen LogP contribution in [0.15, 0.2) is 30.3 Å². The van der Waals surface area contributed by atoms with Crippen LogP contribution in [-0.2, 0) is 21.2 Å². The monoisotopic (exact) mass is 384 g/mol. The Labute approximate surface area is 157 Å². The van der Waals surface area contributed by atoms with Crippen molar-refractivity contribution in [1.29, 1.82) is 0 Å². The zero-order chi connectivity index (χ0) is 19.3. The number of carbonyl (C=O) groups is 1. The maximum absolute atomic E-state index is 12.6. The molecule has 26 heavy (non-hydrogen) atoms. The molecule has 0 radical (unpaired) electrons. The molecule has 0 fully saturated rings. The summed E-state index contributed by atoms with van der Waals surface area (Å²) in [6.45, 7) is 2.06. The van der Waals surface area contributed by atoms with E-state index in [9.17, 15) is 13.2 Å². The minimum atomic E-state index is -3.51. The lowest BCUT2D eigenvalue weighted by Gasteiger charge is -2.21. The molecule has 1 rings (SSSR count). The van der Waals surface area contributed by atoms with Gasteiger partial charge in [-0.05, 0) is 24.8 Å². The molecular weight excluding hydrogens is 352 g/mol. The molecule has 7 heteroatoms. The predicted molar refractivity (Wildman–Crippen MR) is 103 cm³/mol. The summed E-state index contributed by atoms with van der Waals surface area (Å²) >= 11 is 0. The molecular formula is C19H32N2O4S. The highest BCUT2D eigenvalue weighted by molar-refractivity contribution is 7.89. The van der Waals surface area contributed by atoms with E-state index in [1.54, 1.807) is 0 Å². The fraction of sp³-hybridized carbons (Fsp3) is 0.632. The fourth-order valence-electron chi connectivity index (χ4n) is 2.81. The molecule has 0 heterocycles. The van der Waals surface area contributed by atoms with Crippen molar-refractivity contribution < 1.29 is 18.4 Å². The zero-order valence-corrected chi connectivity index (χ0v) is 16.5. The molecule has 0 aromatic heterocycles. The van der Waals surface area contributed by atoms with Crippen molar-refractivity contribution in [3.05, 3.63) is 35.9 Å². The molecule has 0 aliphatic heterocycles. The Kier molecular flexibility index (Phi) is 11.2. The van der Waals surface area contributed by atoms with Gasteiger partial charge in [-0.25, -0.2) is 13.9 Å². The summed E-state index contributed by atoms with van der Waals surface area (Å²) in [5, 5.41) is 8.73. The normalized spacial score (nSPS) is 11.7. The van der Waals surface area contributed by atoms with Crippen LogP contribution >= 0.6 is 0 Å². The minimum absolute atomic E-state index is 0.0448. The summed E-state index contributed by atoms with van der Waals surface area (Å²) in [5.41, 5.74) is 2.65. The van der Waals surface area contributed by atoms with Gasteiger partial charge in [-0.2, -0.15) is 4.31 Å². The summed E-state index contributed by atoms with van der Waals surface area (Å²) in [6.07, 6.45) is 7.34. The van der Waals surface area contributed by atoms with Crippen LogP contribution in [0.4, 0.5) is 0 Å². The first kappa shape index (κ1) is 22.6. The van der Waals surface area contributed by atoms with Crippen molar-refractivity contribution in [3.63, 3.8) is 0 Å². The third-order valence-corrected chi connectivity index (χ3v) is 6.21. The van der Waals surface area contributed by atoms with Gasteiger partial charge in [-0.15, -0.1) is 0 Å². The number of unbranched alkanes of at least 4 members (excludes halogenated alkanes) is 5. The molecule has 6 nitrogen and oxygen atoms in total. The number of nitrogens with one attached hydrogen (secondary N) is 1. The zero-order valence-electron chi connectivity index (χ0n) is 15.7. The number of rotatable bonds is 14. The molecule has 1 aromatic carbocycles. The van der Waals surface area contributed by atoms with E-state index in [1.807, 2.05) is 30.3 Å². The predicted octanol–water partition coefficient (Wildman–Crippen LogP) is 3.12. The van der Waals surface area contributed by atoms with E-state index >= 15 is 0 Å². The van der Waals surface area contributed by atoms with Crippen molar-refractivity contribution in [2.75, 3.05) is 18.8 Å².